The summed E-state index contributed by atoms with van der Waals surface area (Å²) in [6, 6.07) is 5.45. The van der Waals surface area contributed by atoms with E-state index in [2.05, 4.69) is 5.32 Å². The summed E-state index contributed by atoms with van der Waals surface area (Å²) in [6.45, 7) is 2.42. The Balaban J connectivity index is 2.21. The molecule has 1 aromatic rings. The minimum absolute atomic E-state index is 0.00745. The van der Waals surface area contributed by atoms with Crippen LogP contribution >= 0.6 is 11.8 Å². The van der Waals surface area contributed by atoms with Crippen LogP contribution in [0.15, 0.2) is 23.1 Å². The molecular weight excluding hydrogens is 288 g/mol. The van der Waals surface area contributed by atoms with Crippen molar-refractivity contribution in [2.75, 3.05) is 31.8 Å². The highest BCUT2D eigenvalue weighted by Gasteiger charge is 2.20. The third-order valence-corrected chi connectivity index (χ3v) is 4.55. The largest absolute Gasteiger partial charge is 0.383 e. The summed E-state index contributed by atoms with van der Waals surface area (Å²) < 4.78 is 5.08. The van der Waals surface area contributed by atoms with Gasteiger partial charge in [0.25, 0.3) is 5.91 Å². The molecule has 1 aliphatic rings. The van der Waals surface area contributed by atoms with E-state index in [9.17, 15) is 9.59 Å². The van der Waals surface area contributed by atoms with E-state index in [0.29, 0.717) is 18.6 Å². The Bertz CT molecular complexity index is 548. The molecule has 0 saturated carbocycles. The number of carbonyl (C=O) groups is 2. The minimum Gasteiger partial charge on any atom is -0.383 e. The lowest BCUT2D eigenvalue weighted by atomic mass is 10.1. The van der Waals surface area contributed by atoms with Gasteiger partial charge in [-0.3, -0.25) is 9.59 Å². The van der Waals surface area contributed by atoms with Gasteiger partial charge in [0.2, 0.25) is 5.91 Å². The van der Waals surface area contributed by atoms with Crippen molar-refractivity contribution in [1.82, 2.24) is 4.90 Å². The lowest BCUT2D eigenvalue weighted by Crippen LogP contribution is -2.37. The van der Waals surface area contributed by atoms with Crippen LogP contribution < -0.4 is 5.32 Å². The maximum Gasteiger partial charge on any atom is 0.253 e. The van der Waals surface area contributed by atoms with Gasteiger partial charge in [0.15, 0.2) is 0 Å². The van der Waals surface area contributed by atoms with E-state index in [-0.39, 0.29) is 17.9 Å². The van der Waals surface area contributed by atoms with Gasteiger partial charge >= 0.3 is 0 Å². The van der Waals surface area contributed by atoms with Crippen molar-refractivity contribution < 1.29 is 14.3 Å². The molecule has 114 valence electrons. The number of likely N-dealkylation sites (N-methyl/N-ethyl adjacent to an activating group) is 1. The number of nitrogens with one attached hydrogen (secondary N) is 1. The number of methoxy groups -OCH3 is 1. The topological polar surface area (TPSA) is 58.6 Å². The summed E-state index contributed by atoms with van der Waals surface area (Å²) in [6.07, 6.45) is 0.493. The predicted octanol–water partition coefficient (Wildman–Crippen LogP) is 2.23. The fraction of sp³-hybridized carbons (Fsp3) is 0.467. The van der Waals surface area contributed by atoms with Gasteiger partial charge in [-0.15, -0.1) is 11.8 Å². The van der Waals surface area contributed by atoms with Crippen LogP contribution in [0.3, 0.4) is 0 Å². The molecule has 6 heteroatoms. The molecule has 2 rings (SSSR count). The normalized spacial score (nSPS) is 15.7. The van der Waals surface area contributed by atoms with Crippen molar-refractivity contribution in [3.63, 3.8) is 0 Å². The Morgan fingerprint density at radius 2 is 2.29 bits per heavy atom. The highest BCUT2D eigenvalue weighted by atomic mass is 32.2. The number of fused-ring (bicyclic) bond motifs is 1. The van der Waals surface area contributed by atoms with Crippen LogP contribution in [0.2, 0.25) is 0 Å². The lowest BCUT2D eigenvalue weighted by molar-refractivity contribution is -0.115. The van der Waals surface area contributed by atoms with Gasteiger partial charge in [-0.05, 0) is 25.1 Å². The zero-order valence-electron chi connectivity index (χ0n) is 12.5. The number of carbonyl (C=O) groups excluding carboxylic acids is 2. The summed E-state index contributed by atoms with van der Waals surface area (Å²) in [5.41, 5.74) is 1.29. The number of thioether (sulfide) groups is 1. The molecular formula is C15H20N2O3S. The van der Waals surface area contributed by atoms with Crippen molar-refractivity contribution in [3.05, 3.63) is 23.8 Å². The fourth-order valence-corrected chi connectivity index (χ4v) is 3.05. The van der Waals surface area contributed by atoms with Crippen LogP contribution in [-0.4, -0.2) is 49.3 Å². The molecule has 1 aliphatic heterocycles. The first-order valence-electron chi connectivity index (χ1n) is 6.85. The first-order chi connectivity index (χ1) is 10.0. The van der Waals surface area contributed by atoms with Gasteiger partial charge in [-0.1, -0.05) is 0 Å². The van der Waals surface area contributed by atoms with Crippen LogP contribution in [0.4, 0.5) is 5.69 Å². The average Bonchev–Trinajstić information content (AvgIpc) is 2.65. The number of hydrogen-bond donors (Lipinski definition) is 1. The number of benzene rings is 1. The Kier molecular flexibility index (Phi) is 5.25. The molecule has 0 radical (unpaired) electrons. The van der Waals surface area contributed by atoms with Crippen LogP contribution in [0.1, 0.15) is 23.7 Å². The number of rotatable bonds is 4. The SMILES string of the molecule is COCC(C)N(C)C(=O)c1ccc2c(c1)NC(=O)CCS2. The van der Waals surface area contributed by atoms with Crippen molar-refractivity contribution in [2.45, 2.75) is 24.3 Å². The standard InChI is InChI=1S/C15H20N2O3S/c1-10(9-20-3)17(2)15(19)11-4-5-13-12(8-11)16-14(18)6-7-21-13/h4-5,8,10H,6-7,9H2,1-3H3,(H,16,18). The molecule has 2 amide bonds. The molecule has 0 spiro atoms. The highest BCUT2D eigenvalue weighted by Crippen LogP contribution is 2.31. The first kappa shape index (κ1) is 15.9. The third kappa shape index (κ3) is 3.77. The van der Waals surface area contributed by atoms with E-state index < -0.39 is 0 Å². The Morgan fingerprint density at radius 3 is 3.00 bits per heavy atom. The second kappa shape index (κ2) is 6.95. The van der Waals surface area contributed by atoms with Gasteiger partial charge < -0.3 is 15.0 Å². The quantitative estimate of drug-likeness (QED) is 0.926. The zero-order valence-corrected chi connectivity index (χ0v) is 13.3. The predicted molar refractivity (Wildman–Crippen MR) is 83.8 cm³/mol. The second-order valence-electron chi connectivity index (χ2n) is 5.08. The van der Waals surface area contributed by atoms with E-state index in [1.165, 1.54) is 0 Å². The number of hydrogen-bond acceptors (Lipinski definition) is 4. The van der Waals surface area contributed by atoms with E-state index in [1.807, 2.05) is 19.1 Å². The number of nitrogens with zero attached hydrogens (tertiary/aromatic N) is 1. The molecule has 0 bridgehead atoms. The van der Waals surface area contributed by atoms with E-state index in [4.69, 9.17) is 4.74 Å². The van der Waals surface area contributed by atoms with Crippen LogP contribution in [-0.2, 0) is 9.53 Å². The molecule has 1 atom stereocenters. The fourth-order valence-electron chi connectivity index (χ4n) is 2.11. The molecule has 1 N–H and O–H groups in total. The molecule has 1 heterocycles. The molecule has 1 aromatic carbocycles. The van der Waals surface area contributed by atoms with Crippen LogP contribution in [0.5, 0.6) is 0 Å². The molecule has 0 fully saturated rings. The van der Waals surface area contributed by atoms with Gasteiger partial charge in [-0.25, -0.2) is 0 Å². The van der Waals surface area contributed by atoms with E-state index >= 15 is 0 Å². The first-order valence-corrected chi connectivity index (χ1v) is 7.84. The minimum atomic E-state index is -0.0779. The Morgan fingerprint density at radius 1 is 1.52 bits per heavy atom. The molecule has 0 aromatic heterocycles. The summed E-state index contributed by atoms with van der Waals surface area (Å²) in [7, 11) is 3.37. The maximum absolute atomic E-state index is 12.5. The molecule has 1 unspecified atom stereocenters. The number of anilines is 1. The Hall–Kier alpha value is -1.53. The van der Waals surface area contributed by atoms with E-state index in [0.717, 1.165) is 16.3 Å². The van der Waals surface area contributed by atoms with Gasteiger partial charge in [0.05, 0.1) is 18.3 Å². The molecule has 0 saturated heterocycles. The van der Waals surface area contributed by atoms with Gasteiger partial charge in [-0.2, -0.15) is 0 Å². The van der Waals surface area contributed by atoms with Gasteiger partial charge in [0, 0.05) is 36.8 Å². The molecule has 21 heavy (non-hydrogen) atoms. The van der Waals surface area contributed by atoms with Crippen LogP contribution in [0, 0.1) is 0 Å². The molecule has 5 nitrogen and oxygen atoms in total. The third-order valence-electron chi connectivity index (χ3n) is 3.48. The smallest absolute Gasteiger partial charge is 0.253 e. The van der Waals surface area contributed by atoms with Crippen molar-refractivity contribution in [3.8, 4) is 0 Å². The van der Waals surface area contributed by atoms with Crippen LogP contribution in [0.25, 0.3) is 0 Å². The number of amides is 2. The van der Waals surface area contributed by atoms with Crippen molar-refractivity contribution >= 4 is 29.3 Å². The Labute approximate surface area is 129 Å². The highest BCUT2D eigenvalue weighted by molar-refractivity contribution is 7.99. The van der Waals surface area contributed by atoms with Crippen molar-refractivity contribution in [2.24, 2.45) is 0 Å². The summed E-state index contributed by atoms with van der Waals surface area (Å²) >= 11 is 1.63. The average molecular weight is 308 g/mol. The molecule has 0 aliphatic carbocycles. The summed E-state index contributed by atoms with van der Waals surface area (Å²) in [4.78, 5) is 26.7. The van der Waals surface area contributed by atoms with Gasteiger partial charge in [0.1, 0.15) is 0 Å². The monoisotopic (exact) mass is 308 g/mol. The zero-order chi connectivity index (χ0) is 15.4. The second-order valence-corrected chi connectivity index (χ2v) is 6.21. The summed E-state index contributed by atoms with van der Waals surface area (Å²) in [5.74, 6) is 0.675. The summed E-state index contributed by atoms with van der Waals surface area (Å²) in [5, 5.41) is 2.86. The van der Waals surface area contributed by atoms with E-state index in [1.54, 1.807) is 36.9 Å². The lowest BCUT2D eigenvalue weighted by Gasteiger charge is -2.24. The number of ether oxygens (including phenoxy) is 1. The van der Waals surface area contributed by atoms with Crippen molar-refractivity contribution in [1.29, 1.82) is 0 Å². The maximum atomic E-state index is 12.5.